The first kappa shape index (κ1) is 12.1. The van der Waals surface area contributed by atoms with Crippen molar-refractivity contribution in [3.8, 4) is 0 Å². The van der Waals surface area contributed by atoms with E-state index in [0.717, 1.165) is 18.4 Å². The number of hydrogen-bond acceptors (Lipinski definition) is 3. The van der Waals surface area contributed by atoms with E-state index >= 15 is 0 Å². The fourth-order valence-corrected chi connectivity index (χ4v) is 2.05. The standard InChI is InChI=1S/C13H13ClO3/c1-9(15)17-8-12(16)13(6-7-13)10-2-4-11(14)5-3-10/h2-5H,6-8H2,1H3. The van der Waals surface area contributed by atoms with Crippen molar-refractivity contribution >= 4 is 23.4 Å². The van der Waals surface area contributed by atoms with Gasteiger partial charge in [-0.3, -0.25) is 9.59 Å². The van der Waals surface area contributed by atoms with E-state index in [1.54, 1.807) is 12.1 Å². The predicted molar refractivity (Wildman–Crippen MR) is 64.0 cm³/mol. The summed E-state index contributed by atoms with van der Waals surface area (Å²) in [7, 11) is 0. The second kappa shape index (κ2) is 4.49. The number of ether oxygens (including phenoxy) is 1. The average molecular weight is 253 g/mol. The summed E-state index contributed by atoms with van der Waals surface area (Å²) >= 11 is 5.81. The first-order chi connectivity index (χ1) is 8.04. The Hall–Kier alpha value is -1.35. The molecule has 1 saturated carbocycles. The summed E-state index contributed by atoms with van der Waals surface area (Å²) in [5, 5.41) is 0.650. The van der Waals surface area contributed by atoms with Crippen LogP contribution < -0.4 is 0 Å². The summed E-state index contributed by atoms with van der Waals surface area (Å²) in [6.45, 7) is 1.16. The molecular formula is C13H13ClO3. The molecule has 90 valence electrons. The molecule has 1 aromatic rings. The van der Waals surface area contributed by atoms with Gasteiger partial charge in [0.25, 0.3) is 0 Å². The minimum absolute atomic E-state index is 0.0324. The number of benzene rings is 1. The van der Waals surface area contributed by atoms with Crippen molar-refractivity contribution in [3.63, 3.8) is 0 Å². The minimum atomic E-state index is -0.444. The highest BCUT2D eigenvalue weighted by molar-refractivity contribution is 6.30. The Kier molecular flexibility index (Phi) is 3.20. The smallest absolute Gasteiger partial charge is 0.303 e. The first-order valence-electron chi connectivity index (χ1n) is 5.47. The highest BCUT2D eigenvalue weighted by Gasteiger charge is 2.50. The third kappa shape index (κ3) is 2.50. The van der Waals surface area contributed by atoms with Gasteiger partial charge in [-0.05, 0) is 30.5 Å². The van der Waals surface area contributed by atoms with Gasteiger partial charge in [0, 0.05) is 11.9 Å². The zero-order valence-electron chi connectivity index (χ0n) is 9.53. The quantitative estimate of drug-likeness (QED) is 0.774. The molecule has 2 rings (SSSR count). The Morgan fingerprint density at radius 1 is 1.29 bits per heavy atom. The highest BCUT2D eigenvalue weighted by atomic mass is 35.5. The van der Waals surface area contributed by atoms with Crippen LogP contribution in [0, 0.1) is 0 Å². The van der Waals surface area contributed by atoms with Crippen LogP contribution in [-0.2, 0) is 19.7 Å². The zero-order chi connectivity index (χ0) is 12.5. The van der Waals surface area contributed by atoms with Crippen LogP contribution in [0.4, 0.5) is 0 Å². The van der Waals surface area contributed by atoms with Gasteiger partial charge in [0.1, 0.15) is 0 Å². The number of rotatable bonds is 4. The van der Waals surface area contributed by atoms with E-state index in [1.807, 2.05) is 12.1 Å². The first-order valence-corrected chi connectivity index (χ1v) is 5.85. The molecule has 1 aromatic carbocycles. The second-order valence-corrected chi connectivity index (χ2v) is 4.73. The predicted octanol–water partition coefficient (Wildman–Crippen LogP) is 2.50. The van der Waals surface area contributed by atoms with Crippen molar-refractivity contribution in [2.45, 2.75) is 25.2 Å². The maximum Gasteiger partial charge on any atom is 0.303 e. The molecular weight excluding hydrogens is 240 g/mol. The number of hydrogen-bond donors (Lipinski definition) is 0. The van der Waals surface area contributed by atoms with Crippen molar-refractivity contribution in [1.82, 2.24) is 0 Å². The molecule has 0 bridgehead atoms. The molecule has 4 heteroatoms. The summed E-state index contributed by atoms with van der Waals surface area (Å²) in [4.78, 5) is 22.7. The number of esters is 1. The van der Waals surface area contributed by atoms with Crippen molar-refractivity contribution in [3.05, 3.63) is 34.9 Å². The molecule has 3 nitrogen and oxygen atoms in total. The SMILES string of the molecule is CC(=O)OCC(=O)C1(c2ccc(Cl)cc2)CC1. The summed E-state index contributed by atoms with van der Waals surface area (Å²) in [6.07, 6.45) is 1.63. The van der Waals surface area contributed by atoms with Gasteiger partial charge < -0.3 is 4.74 Å². The van der Waals surface area contributed by atoms with Crippen molar-refractivity contribution < 1.29 is 14.3 Å². The van der Waals surface area contributed by atoms with E-state index in [1.165, 1.54) is 6.92 Å². The lowest BCUT2D eigenvalue weighted by Crippen LogP contribution is -2.26. The largest absolute Gasteiger partial charge is 0.458 e. The zero-order valence-corrected chi connectivity index (χ0v) is 10.3. The van der Waals surface area contributed by atoms with Gasteiger partial charge in [0.05, 0.1) is 5.41 Å². The number of halogens is 1. The van der Waals surface area contributed by atoms with Crippen LogP contribution in [0.5, 0.6) is 0 Å². The molecule has 0 N–H and O–H groups in total. The lowest BCUT2D eigenvalue weighted by molar-refractivity contribution is -0.146. The fourth-order valence-electron chi connectivity index (χ4n) is 1.93. The summed E-state index contributed by atoms with van der Waals surface area (Å²) < 4.78 is 4.76. The van der Waals surface area contributed by atoms with E-state index in [2.05, 4.69) is 0 Å². The summed E-state index contributed by atoms with van der Waals surface area (Å²) in [5.41, 5.74) is 0.513. The van der Waals surface area contributed by atoms with Gasteiger partial charge in [-0.25, -0.2) is 0 Å². The van der Waals surface area contributed by atoms with E-state index in [0.29, 0.717) is 5.02 Å². The summed E-state index contributed by atoms with van der Waals surface area (Å²) in [5.74, 6) is -0.458. The molecule has 17 heavy (non-hydrogen) atoms. The van der Waals surface area contributed by atoms with Gasteiger partial charge in [-0.15, -0.1) is 0 Å². The van der Waals surface area contributed by atoms with Gasteiger partial charge in [-0.1, -0.05) is 23.7 Å². The van der Waals surface area contributed by atoms with E-state index in [-0.39, 0.29) is 12.4 Å². The third-order valence-corrected chi connectivity index (χ3v) is 3.34. The van der Waals surface area contributed by atoms with Gasteiger partial charge in [-0.2, -0.15) is 0 Å². The van der Waals surface area contributed by atoms with E-state index in [9.17, 15) is 9.59 Å². The Bertz CT molecular complexity index is 446. The molecule has 0 heterocycles. The topological polar surface area (TPSA) is 43.4 Å². The molecule has 0 radical (unpaired) electrons. The summed E-state index contributed by atoms with van der Waals surface area (Å²) in [6, 6.07) is 7.27. The van der Waals surface area contributed by atoms with E-state index < -0.39 is 11.4 Å². The Balaban J connectivity index is 2.11. The molecule has 0 amide bonds. The van der Waals surface area contributed by atoms with Crippen LogP contribution in [-0.4, -0.2) is 18.4 Å². The minimum Gasteiger partial charge on any atom is -0.458 e. The molecule has 0 aliphatic heterocycles. The lowest BCUT2D eigenvalue weighted by atomic mass is 9.92. The molecule has 0 aromatic heterocycles. The normalized spacial score (nSPS) is 16.4. The number of Topliss-reactive ketones (excluding diaryl/α,β-unsaturated/α-hetero) is 1. The van der Waals surface area contributed by atoms with Crippen LogP contribution in [0.2, 0.25) is 5.02 Å². The number of carbonyl (C=O) groups excluding carboxylic acids is 2. The fraction of sp³-hybridized carbons (Fsp3) is 0.385. The van der Waals surface area contributed by atoms with Gasteiger partial charge in [0.2, 0.25) is 0 Å². The maximum absolute atomic E-state index is 12.0. The molecule has 1 aliphatic carbocycles. The molecule has 0 saturated heterocycles. The Morgan fingerprint density at radius 3 is 2.35 bits per heavy atom. The molecule has 1 fully saturated rings. The molecule has 0 spiro atoms. The van der Waals surface area contributed by atoms with Crippen molar-refractivity contribution in [1.29, 1.82) is 0 Å². The highest BCUT2D eigenvalue weighted by Crippen LogP contribution is 2.49. The van der Waals surface area contributed by atoms with E-state index in [4.69, 9.17) is 16.3 Å². The molecule has 0 unspecified atom stereocenters. The van der Waals surface area contributed by atoms with Crippen molar-refractivity contribution in [2.24, 2.45) is 0 Å². The molecule has 0 atom stereocenters. The lowest BCUT2D eigenvalue weighted by Gasteiger charge is -2.14. The number of ketones is 1. The van der Waals surface area contributed by atoms with Crippen LogP contribution in [0.15, 0.2) is 24.3 Å². The monoisotopic (exact) mass is 252 g/mol. The van der Waals surface area contributed by atoms with Crippen molar-refractivity contribution in [2.75, 3.05) is 6.61 Å². The van der Waals surface area contributed by atoms with Gasteiger partial charge >= 0.3 is 5.97 Å². The third-order valence-electron chi connectivity index (χ3n) is 3.09. The second-order valence-electron chi connectivity index (χ2n) is 4.29. The van der Waals surface area contributed by atoms with Crippen LogP contribution in [0.3, 0.4) is 0 Å². The average Bonchev–Trinajstić information content (AvgIpc) is 3.08. The maximum atomic E-state index is 12.0. The Labute approximate surface area is 105 Å². The Morgan fingerprint density at radius 2 is 1.88 bits per heavy atom. The van der Waals surface area contributed by atoms with Crippen LogP contribution in [0.1, 0.15) is 25.3 Å². The number of carbonyl (C=O) groups is 2. The molecule has 1 aliphatic rings. The van der Waals surface area contributed by atoms with Crippen LogP contribution in [0.25, 0.3) is 0 Å². The van der Waals surface area contributed by atoms with Crippen LogP contribution >= 0.6 is 11.6 Å². The van der Waals surface area contributed by atoms with Gasteiger partial charge in [0.15, 0.2) is 12.4 Å².